The summed E-state index contributed by atoms with van der Waals surface area (Å²) in [7, 11) is 0. The first-order valence-corrected chi connectivity index (χ1v) is 12.0. The monoisotopic (exact) mass is 430 g/mol. The minimum absolute atomic E-state index is 0.143. The fourth-order valence-corrected chi connectivity index (χ4v) is 6.00. The average Bonchev–Trinajstić information content (AvgIpc) is 3.04. The van der Waals surface area contributed by atoms with E-state index in [1.807, 2.05) is 0 Å². The molecule has 0 aromatic rings. The van der Waals surface area contributed by atoms with Gasteiger partial charge in [-0.2, -0.15) is 0 Å². The minimum Gasteiger partial charge on any atom is -0.393 e. The van der Waals surface area contributed by atoms with Crippen LogP contribution in [0.25, 0.3) is 0 Å². The maximum absolute atomic E-state index is 10.2. The quantitative estimate of drug-likeness (QED) is 0.465. The number of rotatable bonds is 6. The van der Waals surface area contributed by atoms with Crippen LogP contribution in [0.1, 0.15) is 79.1 Å². The molecule has 2 fully saturated rings. The molecule has 4 N–H and O–H groups in total. The SMILES string of the molecule is C=C1/C(=C\C=C2/CCC[C@]3(C)C([C@H](C)CC[C@H](O)C(C)(C)O)=CC[C@@H]23)C[C@@H](O)C[C@@H]1O. The summed E-state index contributed by atoms with van der Waals surface area (Å²) in [6.45, 7) is 12.0. The summed E-state index contributed by atoms with van der Waals surface area (Å²) in [6.07, 6.45) is 11.8. The highest BCUT2D eigenvalue weighted by Crippen LogP contribution is 2.57. The van der Waals surface area contributed by atoms with E-state index in [9.17, 15) is 20.4 Å². The number of aliphatic hydroxyl groups is 4. The van der Waals surface area contributed by atoms with Crippen molar-refractivity contribution in [3.05, 3.63) is 47.1 Å². The Morgan fingerprint density at radius 1 is 1.26 bits per heavy atom. The number of hydrogen-bond acceptors (Lipinski definition) is 4. The van der Waals surface area contributed by atoms with E-state index in [1.54, 1.807) is 13.8 Å². The van der Waals surface area contributed by atoms with E-state index in [0.29, 0.717) is 31.1 Å². The largest absolute Gasteiger partial charge is 0.393 e. The van der Waals surface area contributed by atoms with Gasteiger partial charge in [0.15, 0.2) is 0 Å². The van der Waals surface area contributed by atoms with E-state index in [0.717, 1.165) is 36.8 Å². The van der Waals surface area contributed by atoms with Gasteiger partial charge in [0.1, 0.15) is 0 Å². The summed E-state index contributed by atoms with van der Waals surface area (Å²) < 4.78 is 0. The van der Waals surface area contributed by atoms with Gasteiger partial charge in [-0.1, -0.05) is 49.8 Å². The number of hydrogen-bond donors (Lipinski definition) is 4. The molecule has 31 heavy (non-hydrogen) atoms. The van der Waals surface area contributed by atoms with E-state index in [4.69, 9.17) is 0 Å². The van der Waals surface area contributed by atoms with Gasteiger partial charge in [0.05, 0.1) is 23.9 Å². The second kappa shape index (κ2) is 9.35. The maximum Gasteiger partial charge on any atom is 0.0849 e. The Balaban J connectivity index is 1.72. The molecule has 3 rings (SSSR count). The van der Waals surface area contributed by atoms with Gasteiger partial charge in [0.2, 0.25) is 0 Å². The third-order valence-corrected chi connectivity index (χ3v) is 8.09. The summed E-state index contributed by atoms with van der Waals surface area (Å²) in [6, 6.07) is 0. The fraction of sp³-hybridized carbons (Fsp3) is 0.704. The van der Waals surface area contributed by atoms with Crippen LogP contribution in [0.2, 0.25) is 0 Å². The first-order chi connectivity index (χ1) is 14.4. The van der Waals surface area contributed by atoms with E-state index in [-0.39, 0.29) is 5.41 Å². The first kappa shape index (κ1) is 24.4. The van der Waals surface area contributed by atoms with Gasteiger partial charge in [-0.15, -0.1) is 0 Å². The van der Waals surface area contributed by atoms with E-state index < -0.39 is 23.9 Å². The third kappa shape index (κ3) is 5.24. The van der Waals surface area contributed by atoms with Crippen molar-refractivity contribution in [2.45, 2.75) is 103 Å². The Morgan fingerprint density at radius 2 is 1.97 bits per heavy atom. The molecule has 0 aliphatic heterocycles. The molecule has 0 spiro atoms. The highest BCUT2D eigenvalue weighted by Gasteiger charge is 2.46. The number of aliphatic hydroxyl groups excluding tert-OH is 3. The van der Waals surface area contributed by atoms with E-state index in [1.165, 1.54) is 17.6 Å². The van der Waals surface area contributed by atoms with Crippen LogP contribution in [0.4, 0.5) is 0 Å². The predicted molar refractivity (Wildman–Crippen MR) is 125 cm³/mol. The summed E-state index contributed by atoms with van der Waals surface area (Å²) in [5.74, 6) is 0.870. The second-order valence-corrected chi connectivity index (χ2v) is 10.9. The van der Waals surface area contributed by atoms with Crippen molar-refractivity contribution in [1.82, 2.24) is 0 Å². The van der Waals surface area contributed by atoms with Crippen LogP contribution in [0.3, 0.4) is 0 Å². The van der Waals surface area contributed by atoms with Crippen molar-refractivity contribution in [2.75, 3.05) is 0 Å². The van der Waals surface area contributed by atoms with Crippen molar-refractivity contribution in [2.24, 2.45) is 17.3 Å². The van der Waals surface area contributed by atoms with Gasteiger partial charge < -0.3 is 20.4 Å². The van der Waals surface area contributed by atoms with Crippen LogP contribution in [0.15, 0.2) is 47.1 Å². The summed E-state index contributed by atoms with van der Waals surface area (Å²) in [5, 5.41) is 40.4. The van der Waals surface area contributed by atoms with Crippen molar-refractivity contribution in [1.29, 1.82) is 0 Å². The zero-order valence-corrected chi connectivity index (χ0v) is 19.8. The average molecular weight is 431 g/mol. The standard InChI is InChI=1S/C27H42O4/c1-17(8-13-25(30)26(3,4)31)22-11-12-23-19(7-6-14-27(22,23)5)9-10-20-15-21(28)16-24(29)18(20)2/h9-11,17,21,23-25,28-31H,2,6-8,12-16H2,1,3-5H3/b19-9+,20-10-/t17-,21-,23+,24+,25+,27-/m1/s1. The Bertz CT molecular complexity index is 769. The molecule has 0 heterocycles. The Kier molecular flexibility index (Phi) is 7.37. The van der Waals surface area contributed by atoms with Crippen LogP contribution in [-0.4, -0.2) is 44.3 Å². The molecule has 0 aromatic carbocycles. The lowest BCUT2D eigenvalue weighted by Gasteiger charge is -2.43. The van der Waals surface area contributed by atoms with Gasteiger partial charge in [0.25, 0.3) is 0 Å². The van der Waals surface area contributed by atoms with Crippen molar-refractivity contribution in [3.8, 4) is 0 Å². The van der Waals surface area contributed by atoms with Gasteiger partial charge in [-0.3, -0.25) is 0 Å². The zero-order valence-electron chi connectivity index (χ0n) is 19.8. The van der Waals surface area contributed by atoms with Gasteiger partial charge in [-0.05, 0) is 87.2 Å². The molecule has 3 aliphatic rings. The Labute approximate surface area is 188 Å². The molecule has 0 radical (unpaired) electrons. The lowest BCUT2D eigenvalue weighted by atomic mass is 9.62. The van der Waals surface area contributed by atoms with Crippen molar-refractivity contribution < 1.29 is 20.4 Å². The minimum atomic E-state index is -1.06. The molecule has 0 bridgehead atoms. The lowest BCUT2D eigenvalue weighted by molar-refractivity contribution is -0.0532. The number of allylic oxidation sites excluding steroid dienone is 5. The molecular formula is C27H42O4. The van der Waals surface area contributed by atoms with E-state index in [2.05, 4.69) is 38.7 Å². The molecule has 0 saturated heterocycles. The van der Waals surface area contributed by atoms with Crippen molar-refractivity contribution in [3.63, 3.8) is 0 Å². The van der Waals surface area contributed by atoms with E-state index >= 15 is 0 Å². The van der Waals surface area contributed by atoms with Gasteiger partial charge >= 0.3 is 0 Å². The smallest absolute Gasteiger partial charge is 0.0849 e. The third-order valence-electron chi connectivity index (χ3n) is 8.09. The Hall–Kier alpha value is -1.20. The lowest BCUT2D eigenvalue weighted by Crippen LogP contribution is -2.36. The van der Waals surface area contributed by atoms with Gasteiger partial charge in [-0.25, -0.2) is 0 Å². The molecule has 6 atom stereocenters. The zero-order chi connectivity index (χ0) is 23.0. The second-order valence-electron chi connectivity index (χ2n) is 10.9. The highest BCUT2D eigenvalue weighted by molar-refractivity contribution is 5.40. The first-order valence-electron chi connectivity index (χ1n) is 12.0. The molecule has 4 heteroatoms. The normalized spacial score (nSPS) is 36.5. The van der Waals surface area contributed by atoms with Crippen LogP contribution in [-0.2, 0) is 0 Å². The van der Waals surface area contributed by atoms with Gasteiger partial charge in [0, 0.05) is 6.42 Å². The van der Waals surface area contributed by atoms with Crippen LogP contribution >= 0.6 is 0 Å². The predicted octanol–water partition coefficient (Wildman–Crippen LogP) is 4.60. The van der Waals surface area contributed by atoms with Crippen molar-refractivity contribution >= 4 is 0 Å². The number of fused-ring (bicyclic) bond motifs is 1. The van der Waals surface area contributed by atoms with Crippen LogP contribution in [0.5, 0.6) is 0 Å². The molecule has 174 valence electrons. The van der Waals surface area contributed by atoms with Crippen LogP contribution < -0.4 is 0 Å². The maximum atomic E-state index is 10.2. The summed E-state index contributed by atoms with van der Waals surface area (Å²) in [4.78, 5) is 0. The molecule has 4 nitrogen and oxygen atoms in total. The fourth-order valence-electron chi connectivity index (χ4n) is 6.00. The molecule has 3 aliphatic carbocycles. The Morgan fingerprint density at radius 3 is 2.65 bits per heavy atom. The molecular weight excluding hydrogens is 388 g/mol. The highest BCUT2D eigenvalue weighted by atomic mass is 16.3. The molecule has 0 aromatic heterocycles. The topological polar surface area (TPSA) is 80.9 Å². The summed E-state index contributed by atoms with van der Waals surface area (Å²) >= 11 is 0. The van der Waals surface area contributed by atoms with Crippen LogP contribution in [0, 0.1) is 17.3 Å². The molecule has 2 saturated carbocycles. The summed E-state index contributed by atoms with van der Waals surface area (Å²) in [5.41, 5.74) is 3.75. The molecule has 0 amide bonds. The molecule has 0 unspecified atom stereocenters.